The third-order valence-corrected chi connectivity index (χ3v) is 2.22. The molecule has 1 aromatic carbocycles. The Labute approximate surface area is 107 Å². The molecule has 92 valence electrons. The molecule has 0 spiro atoms. The molecule has 1 N–H and O–H groups in total. The third-order valence-electron chi connectivity index (χ3n) is 1.91. The van der Waals surface area contributed by atoms with Crippen LogP contribution < -0.4 is 14.2 Å². The van der Waals surface area contributed by atoms with Crippen LogP contribution in [0.2, 0.25) is 0 Å². The highest BCUT2D eigenvalue weighted by molar-refractivity contribution is 7.96. The van der Waals surface area contributed by atoms with Crippen molar-refractivity contribution in [1.29, 1.82) is 0 Å². The van der Waals surface area contributed by atoms with Crippen molar-refractivity contribution >= 4 is 11.9 Å². The first-order chi connectivity index (χ1) is 8.31. The number of benzene rings is 1. The Balaban J connectivity index is 2.92. The summed E-state index contributed by atoms with van der Waals surface area (Å²) in [5.41, 5.74) is 0.858. The summed E-state index contributed by atoms with van der Waals surface area (Å²) in [7, 11) is 0. The third kappa shape index (κ3) is 4.49. The van der Waals surface area contributed by atoms with E-state index in [0.717, 1.165) is 17.1 Å². The van der Waals surface area contributed by atoms with E-state index in [2.05, 4.69) is 16.7 Å². The van der Waals surface area contributed by atoms with Crippen molar-refractivity contribution in [1.82, 2.24) is 4.72 Å². The Morgan fingerprint density at radius 1 is 1.24 bits per heavy atom. The lowest BCUT2D eigenvalue weighted by Crippen LogP contribution is -1.97. The number of ether oxygens (including phenoxy) is 2. The maximum Gasteiger partial charge on any atom is 0.138 e. The summed E-state index contributed by atoms with van der Waals surface area (Å²) in [4.78, 5) is 0. The van der Waals surface area contributed by atoms with E-state index in [1.54, 1.807) is 0 Å². The second-order valence-electron chi connectivity index (χ2n) is 3.08. The lowest BCUT2D eigenvalue weighted by atomic mass is 10.2. The molecule has 0 aliphatic rings. The zero-order valence-electron chi connectivity index (χ0n) is 10.4. The van der Waals surface area contributed by atoms with Gasteiger partial charge in [-0.2, -0.15) is 0 Å². The van der Waals surface area contributed by atoms with Gasteiger partial charge in [0.25, 0.3) is 0 Å². The van der Waals surface area contributed by atoms with Gasteiger partial charge in [0.15, 0.2) is 0 Å². The first kappa shape index (κ1) is 13.6. The van der Waals surface area contributed by atoms with Crippen molar-refractivity contribution < 1.29 is 9.47 Å². The van der Waals surface area contributed by atoms with Gasteiger partial charge in [-0.05, 0) is 43.8 Å². The molecule has 0 saturated carbocycles. The number of hydrogen-bond donors (Lipinski definition) is 1. The summed E-state index contributed by atoms with van der Waals surface area (Å²) < 4.78 is 13.8. The first-order valence-electron chi connectivity index (χ1n) is 5.50. The van der Waals surface area contributed by atoms with Crippen LogP contribution in [0.3, 0.4) is 0 Å². The molecule has 1 aromatic rings. The number of rotatable bonds is 5. The van der Waals surface area contributed by atoms with Gasteiger partial charge in [-0.3, -0.25) is 4.72 Å². The van der Waals surface area contributed by atoms with Crippen LogP contribution in [0.5, 0.6) is 11.5 Å². The highest BCUT2D eigenvalue weighted by atomic mass is 32.2. The van der Waals surface area contributed by atoms with Crippen LogP contribution in [0.15, 0.2) is 18.2 Å². The largest absolute Gasteiger partial charge is 0.494 e. The van der Waals surface area contributed by atoms with Crippen LogP contribution in [0.4, 0.5) is 0 Å². The van der Waals surface area contributed by atoms with E-state index in [0.29, 0.717) is 13.2 Å². The van der Waals surface area contributed by atoms with E-state index < -0.39 is 0 Å². The van der Waals surface area contributed by atoms with Crippen molar-refractivity contribution in [2.45, 2.75) is 13.8 Å². The van der Waals surface area contributed by atoms with Gasteiger partial charge < -0.3 is 9.47 Å². The molecule has 0 aliphatic heterocycles. The second kappa shape index (κ2) is 7.75. The molecule has 0 amide bonds. The molecule has 0 heterocycles. The molecule has 0 unspecified atom stereocenters. The summed E-state index contributed by atoms with van der Waals surface area (Å²) in [5.74, 6) is 4.57. The Kier molecular flexibility index (Phi) is 6.19. The van der Waals surface area contributed by atoms with Crippen molar-refractivity contribution in [3.05, 3.63) is 23.8 Å². The summed E-state index contributed by atoms with van der Waals surface area (Å²) >= 11 is 1.46. The van der Waals surface area contributed by atoms with Gasteiger partial charge in [-0.15, -0.1) is 0 Å². The minimum absolute atomic E-state index is 0.611. The van der Waals surface area contributed by atoms with Crippen LogP contribution in [0.1, 0.15) is 19.4 Å². The standard InChI is InChI=1S/C13H17NO2S/c1-4-15-12-7-6-11(8-9-14-17-3)13(10-12)16-5-2/h6-7,10,14H,4-5H2,1-3H3. The molecule has 0 radical (unpaired) electrons. The molecule has 0 aromatic heterocycles. The van der Waals surface area contributed by atoms with Crippen LogP contribution in [0, 0.1) is 12.0 Å². The van der Waals surface area contributed by atoms with E-state index in [1.807, 2.05) is 38.3 Å². The molecule has 1 rings (SSSR count). The molecule has 4 heteroatoms. The van der Waals surface area contributed by atoms with Gasteiger partial charge in [-0.1, -0.05) is 0 Å². The van der Waals surface area contributed by atoms with Gasteiger partial charge in [-0.25, -0.2) is 0 Å². The molecular formula is C13H17NO2S. The molecule has 0 atom stereocenters. The molecule has 17 heavy (non-hydrogen) atoms. The predicted octanol–water partition coefficient (Wildman–Crippen LogP) is 2.66. The van der Waals surface area contributed by atoms with Crippen molar-refractivity contribution in [3.8, 4) is 23.5 Å². The molecule has 0 bridgehead atoms. The first-order valence-corrected chi connectivity index (χ1v) is 6.72. The Hall–Kier alpha value is -1.47. The van der Waals surface area contributed by atoms with Crippen molar-refractivity contribution in [2.75, 3.05) is 19.5 Å². The summed E-state index contributed by atoms with van der Waals surface area (Å²) in [6, 6.07) is 8.52. The van der Waals surface area contributed by atoms with Gasteiger partial charge in [0, 0.05) is 18.4 Å². The zero-order valence-corrected chi connectivity index (χ0v) is 11.2. The number of hydrogen-bond acceptors (Lipinski definition) is 4. The lowest BCUT2D eigenvalue weighted by molar-refractivity contribution is 0.322. The summed E-state index contributed by atoms with van der Waals surface area (Å²) in [5, 5.41) is 0. The van der Waals surface area contributed by atoms with Crippen LogP contribution in [-0.4, -0.2) is 19.5 Å². The second-order valence-corrected chi connectivity index (χ2v) is 3.69. The van der Waals surface area contributed by atoms with Gasteiger partial charge in [0.05, 0.1) is 18.8 Å². The SMILES string of the molecule is CCOc1ccc(C#CNSC)c(OCC)c1. The van der Waals surface area contributed by atoms with E-state index in [-0.39, 0.29) is 0 Å². The van der Waals surface area contributed by atoms with Crippen molar-refractivity contribution in [2.24, 2.45) is 0 Å². The topological polar surface area (TPSA) is 30.5 Å². The highest BCUT2D eigenvalue weighted by Gasteiger charge is 2.03. The fourth-order valence-electron chi connectivity index (χ4n) is 1.28. The minimum Gasteiger partial charge on any atom is -0.494 e. The maximum absolute atomic E-state index is 5.54. The average Bonchev–Trinajstić information content (AvgIpc) is 2.33. The summed E-state index contributed by atoms with van der Waals surface area (Å²) in [6.07, 6.45) is 1.93. The van der Waals surface area contributed by atoms with Gasteiger partial charge in [0.2, 0.25) is 0 Å². The average molecular weight is 251 g/mol. The zero-order chi connectivity index (χ0) is 12.5. The van der Waals surface area contributed by atoms with Crippen LogP contribution >= 0.6 is 11.9 Å². The highest BCUT2D eigenvalue weighted by Crippen LogP contribution is 2.24. The van der Waals surface area contributed by atoms with Gasteiger partial charge in [0.1, 0.15) is 11.5 Å². The lowest BCUT2D eigenvalue weighted by Gasteiger charge is -2.09. The van der Waals surface area contributed by atoms with E-state index >= 15 is 0 Å². The normalized spacial score (nSPS) is 9.12. The molecule has 0 fully saturated rings. The van der Waals surface area contributed by atoms with E-state index in [4.69, 9.17) is 9.47 Å². The molecule has 0 aliphatic carbocycles. The van der Waals surface area contributed by atoms with Gasteiger partial charge >= 0.3 is 0 Å². The molecule has 3 nitrogen and oxygen atoms in total. The summed E-state index contributed by atoms with van der Waals surface area (Å²) in [6.45, 7) is 5.16. The quantitative estimate of drug-likeness (QED) is 0.495. The van der Waals surface area contributed by atoms with E-state index in [1.165, 1.54) is 11.9 Å². The fraction of sp³-hybridized carbons (Fsp3) is 0.385. The molecular weight excluding hydrogens is 234 g/mol. The van der Waals surface area contributed by atoms with Crippen molar-refractivity contribution in [3.63, 3.8) is 0 Å². The van der Waals surface area contributed by atoms with Crippen LogP contribution in [-0.2, 0) is 0 Å². The fourth-order valence-corrected chi connectivity index (χ4v) is 1.43. The monoisotopic (exact) mass is 251 g/mol. The number of nitrogens with one attached hydrogen (secondary N) is 1. The predicted molar refractivity (Wildman–Crippen MR) is 72.3 cm³/mol. The smallest absolute Gasteiger partial charge is 0.138 e. The Morgan fingerprint density at radius 3 is 2.65 bits per heavy atom. The Bertz CT molecular complexity index is 410. The molecule has 0 saturated heterocycles. The van der Waals surface area contributed by atoms with E-state index in [9.17, 15) is 0 Å². The Morgan fingerprint density at radius 2 is 2.00 bits per heavy atom. The van der Waals surface area contributed by atoms with Crippen LogP contribution in [0.25, 0.3) is 0 Å². The minimum atomic E-state index is 0.611. The maximum atomic E-state index is 5.54.